The molecule has 0 aliphatic rings. The van der Waals surface area contributed by atoms with Crippen molar-refractivity contribution < 1.29 is 0 Å². The second kappa shape index (κ2) is 4.34. The fourth-order valence-corrected chi connectivity index (χ4v) is 2.84. The summed E-state index contributed by atoms with van der Waals surface area (Å²) in [7, 11) is 2.13. The first-order chi connectivity index (χ1) is 7.56. The molecule has 1 aromatic carbocycles. The van der Waals surface area contributed by atoms with E-state index in [1.54, 1.807) is 11.5 Å². The van der Waals surface area contributed by atoms with Gasteiger partial charge in [0, 0.05) is 23.3 Å². The van der Waals surface area contributed by atoms with Crippen molar-refractivity contribution in [3.05, 3.63) is 24.3 Å². The van der Waals surface area contributed by atoms with E-state index in [4.69, 9.17) is 0 Å². The standard InChI is InChI=1S/C12H15BrN2S/c1-12(2,8-13)15(3)11-9-6-4-5-7-10(9)14-16-11/h4-7H,8H2,1-3H3. The van der Waals surface area contributed by atoms with E-state index in [0.29, 0.717) is 0 Å². The number of halogens is 1. The van der Waals surface area contributed by atoms with Crippen LogP contribution in [0.3, 0.4) is 0 Å². The number of benzene rings is 1. The van der Waals surface area contributed by atoms with Gasteiger partial charge < -0.3 is 4.90 Å². The van der Waals surface area contributed by atoms with E-state index in [-0.39, 0.29) is 5.54 Å². The van der Waals surface area contributed by atoms with Crippen LogP contribution in [0.2, 0.25) is 0 Å². The molecule has 2 rings (SSSR count). The van der Waals surface area contributed by atoms with Crippen LogP contribution < -0.4 is 4.90 Å². The third kappa shape index (κ3) is 1.96. The third-order valence-electron chi connectivity index (χ3n) is 2.90. The first kappa shape index (κ1) is 11.9. The second-order valence-electron chi connectivity index (χ2n) is 4.51. The lowest BCUT2D eigenvalue weighted by molar-refractivity contribution is 0.556. The zero-order chi connectivity index (χ0) is 11.8. The van der Waals surface area contributed by atoms with Crippen LogP contribution in [-0.2, 0) is 0 Å². The van der Waals surface area contributed by atoms with Crippen molar-refractivity contribution in [3.8, 4) is 0 Å². The Kier molecular flexibility index (Phi) is 3.22. The molecule has 2 aromatic rings. The topological polar surface area (TPSA) is 16.1 Å². The van der Waals surface area contributed by atoms with Gasteiger partial charge in [0.2, 0.25) is 0 Å². The first-order valence-electron chi connectivity index (χ1n) is 5.20. The van der Waals surface area contributed by atoms with Gasteiger partial charge in [-0.25, -0.2) is 0 Å². The average molecular weight is 299 g/mol. The summed E-state index contributed by atoms with van der Waals surface area (Å²) in [6.07, 6.45) is 0. The average Bonchev–Trinajstić information content (AvgIpc) is 2.71. The zero-order valence-electron chi connectivity index (χ0n) is 9.70. The van der Waals surface area contributed by atoms with Gasteiger partial charge in [-0.15, -0.1) is 0 Å². The molecular formula is C12H15BrN2S. The van der Waals surface area contributed by atoms with Crippen molar-refractivity contribution in [1.29, 1.82) is 0 Å². The minimum Gasteiger partial charge on any atom is -0.359 e. The first-order valence-corrected chi connectivity index (χ1v) is 7.10. The lowest BCUT2D eigenvalue weighted by Gasteiger charge is -2.34. The highest BCUT2D eigenvalue weighted by Crippen LogP contribution is 2.34. The van der Waals surface area contributed by atoms with Crippen molar-refractivity contribution in [3.63, 3.8) is 0 Å². The highest BCUT2D eigenvalue weighted by Gasteiger charge is 2.25. The monoisotopic (exact) mass is 298 g/mol. The predicted octanol–water partition coefficient (Wildman–Crippen LogP) is 3.91. The van der Waals surface area contributed by atoms with Gasteiger partial charge in [0.25, 0.3) is 0 Å². The molecule has 1 heterocycles. The molecule has 0 saturated heterocycles. The summed E-state index contributed by atoms with van der Waals surface area (Å²) in [5, 5.41) is 3.41. The predicted molar refractivity (Wildman–Crippen MR) is 75.9 cm³/mol. The fourth-order valence-electron chi connectivity index (χ4n) is 1.48. The number of hydrogen-bond acceptors (Lipinski definition) is 3. The number of aromatic nitrogens is 1. The van der Waals surface area contributed by atoms with Crippen molar-refractivity contribution in [2.45, 2.75) is 19.4 Å². The van der Waals surface area contributed by atoms with Crippen molar-refractivity contribution >= 4 is 43.4 Å². The van der Waals surface area contributed by atoms with Crippen molar-refractivity contribution in [2.24, 2.45) is 0 Å². The Morgan fingerprint density at radius 2 is 2.06 bits per heavy atom. The van der Waals surface area contributed by atoms with Crippen LogP contribution >= 0.6 is 27.5 Å². The molecule has 0 N–H and O–H groups in total. The van der Waals surface area contributed by atoms with Gasteiger partial charge in [-0.3, -0.25) is 0 Å². The molecule has 0 radical (unpaired) electrons. The van der Waals surface area contributed by atoms with Crippen molar-refractivity contribution in [1.82, 2.24) is 4.37 Å². The minimum absolute atomic E-state index is 0.0926. The van der Waals surface area contributed by atoms with Crippen LogP contribution in [0.15, 0.2) is 24.3 Å². The van der Waals surface area contributed by atoms with E-state index in [9.17, 15) is 0 Å². The quantitative estimate of drug-likeness (QED) is 0.799. The summed E-state index contributed by atoms with van der Waals surface area (Å²) in [6.45, 7) is 4.44. The molecule has 2 nitrogen and oxygen atoms in total. The summed E-state index contributed by atoms with van der Waals surface area (Å²) >= 11 is 5.13. The molecule has 4 heteroatoms. The Morgan fingerprint density at radius 3 is 2.75 bits per heavy atom. The number of alkyl halides is 1. The van der Waals surface area contributed by atoms with Crippen LogP contribution in [0.25, 0.3) is 10.9 Å². The molecule has 0 amide bonds. The summed E-state index contributed by atoms with van der Waals surface area (Å²) < 4.78 is 4.47. The number of nitrogens with zero attached hydrogens (tertiary/aromatic N) is 2. The Balaban J connectivity index is 2.48. The van der Waals surface area contributed by atoms with Crippen molar-refractivity contribution in [2.75, 3.05) is 17.3 Å². The highest BCUT2D eigenvalue weighted by atomic mass is 79.9. The molecular weight excluding hydrogens is 284 g/mol. The Hall–Kier alpha value is -0.610. The Bertz CT molecular complexity index is 492. The van der Waals surface area contributed by atoms with E-state index in [1.807, 2.05) is 6.07 Å². The summed E-state index contributed by atoms with van der Waals surface area (Å²) in [4.78, 5) is 2.29. The zero-order valence-corrected chi connectivity index (χ0v) is 12.1. The van der Waals surface area contributed by atoms with Gasteiger partial charge in [0.15, 0.2) is 0 Å². The Morgan fingerprint density at radius 1 is 1.38 bits per heavy atom. The van der Waals surface area contributed by atoms with E-state index < -0.39 is 0 Å². The third-order valence-corrected chi connectivity index (χ3v) is 5.23. The highest BCUT2D eigenvalue weighted by molar-refractivity contribution is 9.09. The maximum atomic E-state index is 4.47. The smallest absolute Gasteiger partial charge is 0.120 e. The molecule has 0 aliphatic carbocycles. The summed E-state index contributed by atoms with van der Waals surface area (Å²) in [5.41, 5.74) is 1.18. The van der Waals surface area contributed by atoms with Gasteiger partial charge in [-0.1, -0.05) is 28.1 Å². The minimum atomic E-state index is 0.0926. The molecule has 0 spiro atoms. The van der Waals surface area contributed by atoms with Gasteiger partial charge in [0.05, 0.1) is 5.52 Å². The molecule has 0 bridgehead atoms. The molecule has 0 unspecified atom stereocenters. The number of rotatable bonds is 3. The summed E-state index contributed by atoms with van der Waals surface area (Å²) in [6, 6.07) is 8.29. The van der Waals surface area contributed by atoms with Gasteiger partial charge in [-0.05, 0) is 37.5 Å². The largest absolute Gasteiger partial charge is 0.359 e. The van der Waals surface area contributed by atoms with Crippen LogP contribution in [0.4, 0.5) is 5.00 Å². The van der Waals surface area contributed by atoms with E-state index >= 15 is 0 Å². The maximum Gasteiger partial charge on any atom is 0.120 e. The Labute approximate surface area is 109 Å². The van der Waals surface area contributed by atoms with E-state index in [2.05, 4.69) is 64.3 Å². The molecule has 0 fully saturated rings. The molecule has 16 heavy (non-hydrogen) atoms. The number of anilines is 1. The number of fused-ring (bicyclic) bond motifs is 1. The number of hydrogen-bond donors (Lipinski definition) is 0. The molecule has 1 aromatic heterocycles. The van der Waals surface area contributed by atoms with Crippen LogP contribution in [0, 0.1) is 0 Å². The van der Waals surface area contributed by atoms with E-state index in [0.717, 1.165) is 10.8 Å². The fraction of sp³-hybridized carbons (Fsp3) is 0.417. The lowest BCUT2D eigenvalue weighted by Crippen LogP contribution is -2.42. The van der Waals surface area contributed by atoms with Gasteiger partial charge in [0.1, 0.15) is 5.00 Å². The maximum absolute atomic E-state index is 4.47. The normalized spacial score (nSPS) is 12.0. The van der Waals surface area contributed by atoms with Crippen LogP contribution in [-0.4, -0.2) is 22.3 Å². The molecule has 0 saturated carbocycles. The van der Waals surface area contributed by atoms with E-state index in [1.165, 1.54) is 10.4 Å². The SMILES string of the molecule is CN(c1snc2ccccc12)C(C)(C)CBr. The second-order valence-corrected chi connectivity index (χ2v) is 5.82. The molecule has 86 valence electrons. The van der Waals surface area contributed by atoms with Gasteiger partial charge in [-0.2, -0.15) is 4.37 Å². The summed E-state index contributed by atoms with van der Waals surface area (Å²) in [5.74, 6) is 0. The molecule has 0 aliphatic heterocycles. The van der Waals surface area contributed by atoms with Gasteiger partial charge >= 0.3 is 0 Å². The molecule has 0 atom stereocenters. The van der Waals surface area contributed by atoms with Crippen LogP contribution in [0.1, 0.15) is 13.8 Å². The lowest BCUT2D eigenvalue weighted by atomic mass is 10.1. The van der Waals surface area contributed by atoms with Crippen LogP contribution in [0.5, 0.6) is 0 Å².